The van der Waals surface area contributed by atoms with Crippen molar-refractivity contribution >= 4 is 27.1 Å². The molecule has 0 aliphatic carbocycles. The van der Waals surface area contributed by atoms with Crippen molar-refractivity contribution in [3.8, 4) is 0 Å². The van der Waals surface area contributed by atoms with E-state index in [1.54, 1.807) is 12.1 Å². The number of benzene rings is 1. The van der Waals surface area contributed by atoms with Crippen LogP contribution in [0, 0.1) is 0 Å². The summed E-state index contributed by atoms with van der Waals surface area (Å²) in [4.78, 5) is 14.0. The first-order valence-electron chi connectivity index (χ1n) is 6.04. The lowest BCUT2D eigenvalue weighted by Crippen LogP contribution is -2.49. The van der Waals surface area contributed by atoms with Crippen LogP contribution in [0.1, 0.15) is 19.4 Å². The van der Waals surface area contributed by atoms with Crippen molar-refractivity contribution in [1.29, 1.82) is 0 Å². The number of rotatable bonds is 2. The second-order valence-corrected chi connectivity index (χ2v) is 7.94. The summed E-state index contributed by atoms with van der Waals surface area (Å²) in [6.07, 6.45) is 1.79. The van der Waals surface area contributed by atoms with E-state index in [9.17, 15) is 13.2 Å². The maximum atomic E-state index is 12.5. The molecule has 2 N–H and O–H groups in total. The number of sulfone groups is 1. The van der Waals surface area contributed by atoms with Gasteiger partial charge in [-0.2, -0.15) is 0 Å². The zero-order chi connectivity index (χ0) is 14.4. The van der Waals surface area contributed by atoms with Crippen molar-refractivity contribution in [2.75, 3.05) is 23.4 Å². The molecule has 1 aliphatic heterocycles. The summed E-state index contributed by atoms with van der Waals surface area (Å²) in [6.45, 7) is 3.39. The van der Waals surface area contributed by atoms with Crippen LogP contribution in [0.3, 0.4) is 0 Å². The van der Waals surface area contributed by atoms with Gasteiger partial charge in [-0.1, -0.05) is 0 Å². The largest absolute Gasteiger partial charge is 0.399 e. The molecule has 0 radical (unpaired) electrons. The molecular formula is C13H18N2O3S. The normalized spacial score (nSPS) is 15.4. The topological polar surface area (TPSA) is 80.5 Å². The third kappa shape index (κ3) is 2.20. The van der Waals surface area contributed by atoms with Crippen molar-refractivity contribution in [3.05, 3.63) is 23.8 Å². The van der Waals surface area contributed by atoms with Crippen LogP contribution in [0.2, 0.25) is 0 Å². The molecule has 1 amide bonds. The lowest BCUT2D eigenvalue weighted by atomic mass is 10.1. The predicted molar refractivity (Wildman–Crippen MR) is 75.8 cm³/mol. The molecule has 0 aromatic heterocycles. The van der Waals surface area contributed by atoms with Gasteiger partial charge in [-0.25, -0.2) is 8.42 Å². The maximum Gasteiger partial charge on any atom is 0.247 e. The Morgan fingerprint density at radius 2 is 2.00 bits per heavy atom. The first-order chi connectivity index (χ1) is 8.64. The minimum absolute atomic E-state index is 0.390. The van der Waals surface area contributed by atoms with E-state index in [0.717, 1.165) is 17.5 Å². The van der Waals surface area contributed by atoms with E-state index < -0.39 is 20.5 Å². The quantitative estimate of drug-likeness (QED) is 0.820. The molecule has 1 aromatic rings. The minimum Gasteiger partial charge on any atom is -0.399 e. The number of amides is 1. The van der Waals surface area contributed by atoms with E-state index in [2.05, 4.69) is 0 Å². The number of hydrogen-bond acceptors (Lipinski definition) is 4. The van der Waals surface area contributed by atoms with E-state index in [-0.39, 0.29) is 0 Å². The Morgan fingerprint density at radius 3 is 2.58 bits per heavy atom. The molecule has 0 fully saturated rings. The van der Waals surface area contributed by atoms with Crippen LogP contribution < -0.4 is 10.6 Å². The van der Waals surface area contributed by atoms with Crippen molar-refractivity contribution in [3.63, 3.8) is 0 Å². The Bertz CT molecular complexity index is 635. The molecule has 0 saturated heterocycles. The fourth-order valence-electron chi connectivity index (χ4n) is 2.12. The molecule has 104 valence electrons. The van der Waals surface area contributed by atoms with E-state index >= 15 is 0 Å². The number of nitrogens with zero attached hydrogens (tertiary/aromatic N) is 1. The van der Waals surface area contributed by atoms with Crippen LogP contribution in [0.25, 0.3) is 0 Å². The van der Waals surface area contributed by atoms with Crippen molar-refractivity contribution in [2.45, 2.75) is 25.0 Å². The van der Waals surface area contributed by atoms with Gasteiger partial charge in [0, 0.05) is 24.2 Å². The third-order valence-corrected chi connectivity index (χ3v) is 5.71. The SMILES string of the molecule is CC(C)(C(=O)N1CCc2cc(N)ccc21)S(C)(=O)=O. The zero-order valence-electron chi connectivity index (χ0n) is 11.3. The Kier molecular flexibility index (Phi) is 3.09. The fraction of sp³-hybridized carbons (Fsp3) is 0.462. The molecule has 0 spiro atoms. The molecule has 2 rings (SSSR count). The number of fused-ring (bicyclic) bond motifs is 1. The van der Waals surface area contributed by atoms with Gasteiger partial charge in [0.25, 0.3) is 0 Å². The summed E-state index contributed by atoms with van der Waals surface area (Å²) in [7, 11) is -3.47. The molecule has 1 aromatic carbocycles. The molecule has 0 atom stereocenters. The summed E-state index contributed by atoms with van der Waals surface area (Å²) < 4.78 is 22.1. The van der Waals surface area contributed by atoms with E-state index in [0.29, 0.717) is 18.7 Å². The number of carbonyl (C=O) groups excluding carboxylic acids is 1. The highest BCUT2D eigenvalue weighted by molar-refractivity contribution is 7.92. The van der Waals surface area contributed by atoms with Crippen molar-refractivity contribution in [1.82, 2.24) is 0 Å². The smallest absolute Gasteiger partial charge is 0.247 e. The van der Waals surface area contributed by atoms with Crippen LogP contribution in [-0.4, -0.2) is 31.9 Å². The molecular weight excluding hydrogens is 264 g/mol. The van der Waals surface area contributed by atoms with Gasteiger partial charge < -0.3 is 10.6 Å². The average molecular weight is 282 g/mol. The predicted octanol–water partition coefficient (Wildman–Crippen LogP) is 0.981. The van der Waals surface area contributed by atoms with Gasteiger partial charge in [0.2, 0.25) is 5.91 Å². The third-order valence-electron chi connectivity index (χ3n) is 3.69. The highest BCUT2D eigenvalue weighted by atomic mass is 32.2. The van der Waals surface area contributed by atoms with Crippen LogP contribution >= 0.6 is 0 Å². The van der Waals surface area contributed by atoms with E-state index in [1.807, 2.05) is 6.07 Å². The monoisotopic (exact) mass is 282 g/mol. The summed E-state index contributed by atoms with van der Waals surface area (Å²) >= 11 is 0. The minimum atomic E-state index is -3.47. The Balaban J connectivity index is 2.40. The van der Waals surface area contributed by atoms with Crippen LogP contribution in [0.15, 0.2) is 18.2 Å². The number of hydrogen-bond donors (Lipinski definition) is 1. The van der Waals surface area contributed by atoms with Crippen molar-refractivity contribution in [2.24, 2.45) is 0 Å². The van der Waals surface area contributed by atoms with Crippen LogP contribution in [0.4, 0.5) is 11.4 Å². The molecule has 1 aliphatic rings. The number of nitrogen functional groups attached to an aromatic ring is 1. The number of carbonyl (C=O) groups is 1. The average Bonchev–Trinajstić information content (AvgIpc) is 2.69. The Hall–Kier alpha value is -1.56. The number of anilines is 2. The standard InChI is InChI=1S/C13H18N2O3S/c1-13(2,19(3,17)18)12(16)15-7-6-9-8-10(14)4-5-11(9)15/h4-5,8H,6-7,14H2,1-3H3. The van der Waals surface area contributed by atoms with Gasteiger partial charge in [0.1, 0.15) is 4.75 Å². The molecule has 0 unspecified atom stereocenters. The first kappa shape index (κ1) is 13.9. The summed E-state index contributed by atoms with van der Waals surface area (Å²) in [5.41, 5.74) is 8.10. The first-order valence-corrected chi connectivity index (χ1v) is 7.93. The second-order valence-electron chi connectivity index (χ2n) is 5.38. The maximum absolute atomic E-state index is 12.5. The summed E-state index contributed by atoms with van der Waals surface area (Å²) in [6, 6.07) is 5.32. The fourth-order valence-corrected chi connectivity index (χ4v) is 2.54. The lowest BCUT2D eigenvalue weighted by molar-refractivity contribution is -0.120. The molecule has 5 nitrogen and oxygen atoms in total. The van der Waals surface area contributed by atoms with Gasteiger partial charge >= 0.3 is 0 Å². The molecule has 0 bridgehead atoms. The van der Waals surface area contributed by atoms with Gasteiger partial charge in [-0.15, -0.1) is 0 Å². The highest BCUT2D eigenvalue weighted by Gasteiger charge is 2.43. The number of nitrogens with two attached hydrogens (primary N) is 1. The molecule has 6 heteroatoms. The Morgan fingerprint density at radius 1 is 1.37 bits per heavy atom. The van der Waals surface area contributed by atoms with Crippen molar-refractivity contribution < 1.29 is 13.2 Å². The van der Waals surface area contributed by atoms with E-state index in [4.69, 9.17) is 5.73 Å². The zero-order valence-corrected chi connectivity index (χ0v) is 12.1. The molecule has 1 heterocycles. The second kappa shape index (κ2) is 4.23. The Labute approximate surface area is 113 Å². The van der Waals surface area contributed by atoms with Crippen LogP contribution in [-0.2, 0) is 21.1 Å². The van der Waals surface area contributed by atoms with Gasteiger partial charge in [0.05, 0.1) is 0 Å². The summed E-state index contributed by atoms with van der Waals surface area (Å²) in [5, 5.41) is 0. The molecule has 0 saturated carbocycles. The summed E-state index contributed by atoms with van der Waals surface area (Å²) in [5.74, 6) is -0.390. The molecule has 19 heavy (non-hydrogen) atoms. The van der Waals surface area contributed by atoms with Gasteiger partial charge in [-0.05, 0) is 44.0 Å². The highest BCUT2D eigenvalue weighted by Crippen LogP contribution is 2.32. The lowest BCUT2D eigenvalue weighted by Gasteiger charge is -2.28. The van der Waals surface area contributed by atoms with Gasteiger partial charge in [0.15, 0.2) is 9.84 Å². The van der Waals surface area contributed by atoms with Gasteiger partial charge in [-0.3, -0.25) is 4.79 Å². The van der Waals surface area contributed by atoms with Crippen LogP contribution in [0.5, 0.6) is 0 Å². The van der Waals surface area contributed by atoms with E-state index in [1.165, 1.54) is 18.7 Å².